The molecule has 0 atom stereocenters. The van der Waals surface area contributed by atoms with Crippen molar-refractivity contribution >= 4 is 11.6 Å². The summed E-state index contributed by atoms with van der Waals surface area (Å²) in [4.78, 5) is 4.06. The molecule has 2 heteroatoms. The number of aromatic nitrogens is 1. The summed E-state index contributed by atoms with van der Waals surface area (Å²) in [6.07, 6.45) is 8.85. The molecule has 0 aliphatic rings. The third-order valence-electron chi connectivity index (χ3n) is 2.11. The maximum absolute atomic E-state index is 5.92. The van der Waals surface area contributed by atoms with E-state index in [0.29, 0.717) is 5.02 Å². The van der Waals surface area contributed by atoms with Crippen molar-refractivity contribution in [2.24, 2.45) is 0 Å². The zero-order chi connectivity index (χ0) is 10.7. The fourth-order valence-electron chi connectivity index (χ4n) is 1.41. The molecule has 2 rings (SSSR count). The molecular formula is C13H8ClN. The lowest BCUT2D eigenvalue weighted by Gasteiger charge is -2.04. The number of hydrogen-bond acceptors (Lipinski definition) is 1. The first kappa shape index (κ1) is 9.76. The number of rotatable bonds is 1. The van der Waals surface area contributed by atoms with Crippen molar-refractivity contribution in [1.29, 1.82) is 0 Å². The van der Waals surface area contributed by atoms with Crippen LogP contribution in [-0.4, -0.2) is 4.98 Å². The zero-order valence-corrected chi connectivity index (χ0v) is 8.70. The average molecular weight is 214 g/mol. The molecule has 1 aromatic heterocycles. The molecule has 0 unspecified atom stereocenters. The van der Waals surface area contributed by atoms with Crippen LogP contribution in [0.25, 0.3) is 11.1 Å². The SMILES string of the molecule is C#Cc1ccncc1-c1cccc(Cl)c1. The highest BCUT2D eigenvalue weighted by molar-refractivity contribution is 6.30. The van der Waals surface area contributed by atoms with Gasteiger partial charge in [0.1, 0.15) is 0 Å². The molecule has 0 amide bonds. The van der Waals surface area contributed by atoms with Gasteiger partial charge in [-0.2, -0.15) is 0 Å². The Labute approximate surface area is 93.7 Å². The van der Waals surface area contributed by atoms with Gasteiger partial charge in [0.2, 0.25) is 0 Å². The van der Waals surface area contributed by atoms with Gasteiger partial charge in [-0.05, 0) is 23.8 Å². The van der Waals surface area contributed by atoms with Crippen molar-refractivity contribution in [2.45, 2.75) is 0 Å². The Balaban J connectivity index is 2.60. The average Bonchev–Trinajstić information content (AvgIpc) is 2.29. The number of benzene rings is 1. The summed E-state index contributed by atoms with van der Waals surface area (Å²) >= 11 is 5.92. The van der Waals surface area contributed by atoms with Gasteiger partial charge in [-0.3, -0.25) is 4.98 Å². The molecule has 2 aromatic rings. The van der Waals surface area contributed by atoms with Gasteiger partial charge in [-0.1, -0.05) is 29.7 Å². The van der Waals surface area contributed by atoms with Gasteiger partial charge < -0.3 is 0 Å². The second kappa shape index (κ2) is 4.16. The van der Waals surface area contributed by atoms with Crippen molar-refractivity contribution in [3.63, 3.8) is 0 Å². The molecule has 1 aromatic carbocycles. The fourth-order valence-corrected chi connectivity index (χ4v) is 1.60. The molecule has 72 valence electrons. The molecular weight excluding hydrogens is 206 g/mol. The monoisotopic (exact) mass is 213 g/mol. The Morgan fingerprint density at radius 1 is 1.27 bits per heavy atom. The standard InChI is InChI=1S/C13H8ClN/c1-2-10-6-7-15-9-13(10)11-4-3-5-12(14)8-11/h1,3-9H. The molecule has 0 aliphatic heterocycles. The minimum atomic E-state index is 0.694. The van der Waals surface area contributed by atoms with Crippen LogP contribution in [0.4, 0.5) is 0 Å². The van der Waals surface area contributed by atoms with E-state index in [2.05, 4.69) is 10.9 Å². The third kappa shape index (κ3) is 2.01. The summed E-state index contributed by atoms with van der Waals surface area (Å²) in [5.41, 5.74) is 2.75. The van der Waals surface area contributed by atoms with E-state index in [-0.39, 0.29) is 0 Å². The molecule has 0 spiro atoms. The normalized spacial score (nSPS) is 9.60. The Hall–Kier alpha value is -1.78. The first-order valence-corrected chi connectivity index (χ1v) is 4.85. The van der Waals surface area contributed by atoms with Crippen LogP contribution in [0.1, 0.15) is 5.56 Å². The number of halogens is 1. The Morgan fingerprint density at radius 2 is 2.13 bits per heavy atom. The first-order chi connectivity index (χ1) is 7.31. The van der Waals surface area contributed by atoms with Crippen molar-refractivity contribution in [3.05, 3.63) is 53.3 Å². The number of hydrogen-bond donors (Lipinski definition) is 0. The zero-order valence-electron chi connectivity index (χ0n) is 7.94. The predicted octanol–water partition coefficient (Wildman–Crippen LogP) is 3.38. The molecule has 15 heavy (non-hydrogen) atoms. The lowest BCUT2D eigenvalue weighted by molar-refractivity contribution is 1.32. The molecule has 0 bridgehead atoms. The minimum absolute atomic E-state index is 0.694. The molecule has 0 aliphatic carbocycles. The van der Waals surface area contributed by atoms with E-state index in [9.17, 15) is 0 Å². The lowest BCUT2D eigenvalue weighted by atomic mass is 10.0. The highest BCUT2D eigenvalue weighted by atomic mass is 35.5. The van der Waals surface area contributed by atoms with E-state index >= 15 is 0 Å². The van der Waals surface area contributed by atoms with Crippen molar-refractivity contribution < 1.29 is 0 Å². The van der Waals surface area contributed by atoms with Crippen molar-refractivity contribution in [1.82, 2.24) is 4.98 Å². The van der Waals surface area contributed by atoms with Crippen molar-refractivity contribution in [2.75, 3.05) is 0 Å². The summed E-state index contributed by atoms with van der Waals surface area (Å²) in [6.45, 7) is 0. The van der Waals surface area contributed by atoms with Crippen LogP contribution in [0.2, 0.25) is 5.02 Å². The van der Waals surface area contributed by atoms with Gasteiger partial charge in [-0.25, -0.2) is 0 Å². The topological polar surface area (TPSA) is 12.9 Å². The molecule has 0 radical (unpaired) electrons. The molecule has 1 nitrogen and oxygen atoms in total. The molecule has 1 heterocycles. The van der Waals surface area contributed by atoms with Gasteiger partial charge in [0.05, 0.1) is 0 Å². The van der Waals surface area contributed by atoms with Crippen LogP contribution >= 0.6 is 11.6 Å². The summed E-state index contributed by atoms with van der Waals surface area (Å²) < 4.78 is 0. The fraction of sp³-hybridized carbons (Fsp3) is 0. The Bertz CT molecular complexity index is 526. The molecule has 0 fully saturated rings. The van der Waals surface area contributed by atoms with Crippen LogP contribution in [0, 0.1) is 12.3 Å². The van der Waals surface area contributed by atoms with E-state index in [4.69, 9.17) is 18.0 Å². The quantitative estimate of drug-likeness (QED) is 0.662. The van der Waals surface area contributed by atoms with Crippen LogP contribution in [0.15, 0.2) is 42.7 Å². The van der Waals surface area contributed by atoms with E-state index in [1.165, 1.54) is 0 Å². The third-order valence-corrected chi connectivity index (χ3v) is 2.35. The van der Waals surface area contributed by atoms with Crippen LogP contribution in [0.3, 0.4) is 0 Å². The highest BCUT2D eigenvalue weighted by Crippen LogP contribution is 2.24. The van der Waals surface area contributed by atoms with Crippen LogP contribution in [0.5, 0.6) is 0 Å². The second-order valence-electron chi connectivity index (χ2n) is 3.08. The van der Waals surface area contributed by atoms with Gasteiger partial charge in [0, 0.05) is 28.5 Å². The maximum atomic E-state index is 5.92. The lowest BCUT2D eigenvalue weighted by Crippen LogP contribution is -1.85. The van der Waals surface area contributed by atoms with Gasteiger partial charge in [0.15, 0.2) is 0 Å². The largest absolute Gasteiger partial charge is 0.264 e. The minimum Gasteiger partial charge on any atom is -0.264 e. The summed E-state index contributed by atoms with van der Waals surface area (Å²) in [5, 5.41) is 0.694. The number of terminal acetylenes is 1. The predicted molar refractivity (Wildman–Crippen MR) is 62.6 cm³/mol. The number of nitrogens with zero attached hydrogens (tertiary/aromatic N) is 1. The van der Waals surface area contributed by atoms with Crippen LogP contribution in [-0.2, 0) is 0 Å². The summed E-state index contributed by atoms with van der Waals surface area (Å²) in [7, 11) is 0. The van der Waals surface area contributed by atoms with E-state index in [0.717, 1.165) is 16.7 Å². The van der Waals surface area contributed by atoms with E-state index in [1.807, 2.05) is 30.3 Å². The Kier molecular flexibility index (Phi) is 2.71. The van der Waals surface area contributed by atoms with Crippen molar-refractivity contribution in [3.8, 4) is 23.5 Å². The molecule has 0 saturated heterocycles. The number of pyridine rings is 1. The van der Waals surface area contributed by atoms with E-state index in [1.54, 1.807) is 12.4 Å². The molecule has 0 N–H and O–H groups in total. The smallest absolute Gasteiger partial charge is 0.0412 e. The van der Waals surface area contributed by atoms with Gasteiger partial charge in [0.25, 0.3) is 0 Å². The second-order valence-corrected chi connectivity index (χ2v) is 3.51. The maximum Gasteiger partial charge on any atom is 0.0412 e. The highest BCUT2D eigenvalue weighted by Gasteiger charge is 2.02. The summed E-state index contributed by atoms with van der Waals surface area (Å²) in [6, 6.07) is 9.38. The first-order valence-electron chi connectivity index (χ1n) is 4.48. The van der Waals surface area contributed by atoms with Crippen LogP contribution < -0.4 is 0 Å². The van der Waals surface area contributed by atoms with E-state index < -0.39 is 0 Å². The van der Waals surface area contributed by atoms with Gasteiger partial charge >= 0.3 is 0 Å². The van der Waals surface area contributed by atoms with Gasteiger partial charge in [-0.15, -0.1) is 6.42 Å². The Morgan fingerprint density at radius 3 is 2.87 bits per heavy atom. The summed E-state index contributed by atoms with van der Waals surface area (Å²) in [5.74, 6) is 2.63. The molecule has 0 saturated carbocycles.